The molecule has 0 aliphatic heterocycles. The molecule has 0 fully saturated rings. The smallest absolute Gasteiger partial charge is 0.744 e. The first-order valence-corrected chi connectivity index (χ1v) is 9.93. The van der Waals surface area contributed by atoms with Gasteiger partial charge in [-0.05, 0) is 32.9 Å². The van der Waals surface area contributed by atoms with Crippen molar-refractivity contribution >= 4 is 32.5 Å². The van der Waals surface area contributed by atoms with Gasteiger partial charge in [-0.25, -0.2) is 13.2 Å². The molecule has 0 atom stereocenters. The molecule has 0 aromatic heterocycles. The third-order valence-electron chi connectivity index (χ3n) is 3.68. The van der Waals surface area contributed by atoms with E-state index in [0.717, 1.165) is 5.69 Å². The Morgan fingerprint density at radius 3 is 2.43 bits per heavy atom. The van der Waals surface area contributed by atoms with E-state index in [9.17, 15) is 17.8 Å². The molecular weight excluding hydrogens is 391 g/mol. The zero-order chi connectivity index (χ0) is 20.0. The molecule has 146 valence electrons. The van der Waals surface area contributed by atoms with Crippen LogP contribution in [0.5, 0.6) is 0 Å². The van der Waals surface area contributed by atoms with Crippen LogP contribution < -0.4 is 40.2 Å². The minimum atomic E-state index is -4.54. The van der Waals surface area contributed by atoms with Crippen molar-refractivity contribution in [1.82, 2.24) is 5.32 Å². The van der Waals surface area contributed by atoms with Gasteiger partial charge < -0.3 is 19.9 Å². The van der Waals surface area contributed by atoms with E-state index in [2.05, 4.69) is 10.6 Å². The van der Waals surface area contributed by atoms with Crippen LogP contribution >= 0.6 is 0 Å². The van der Waals surface area contributed by atoms with Crippen molar-refractivity contribution in [3.05, 3.63) is 48.2 Å². The third kappa shape index (κ3) is 7.10. The van der Waals surface area contributed by atoms with Gasteiger partial charge in [0.25, 0.3) is 0 Å². The van der Waals surface area contributed by atoms with Crippen molar-refractivity contribution in [2.75, 3.05) is 18.4 Å². The molecule has 0 saturated heterocycles. The van der Waals surface area contributed by atoms with Crippen LogP contribution in [0.25, 0.3) is 10.8 Å². The molecule has 0 spiro atoms. The molecule has 0 bridgehead atoms. The Balaban J connectivity index is 0.00000392. The van der Waals surface area contributed by atoms with Gasteiger partial charge in [0.05, 0.1) is 11.0 Å². The van der Waals surface area contributed by atoms with Crippen molar-refractivity contribution in [3.8, 4) is 0 Å². The molecule has 9 heteroatoms. The van der Waals surface area contributed by atoms with Crippen molar-refractivity contribution in [2.24, 2.45) is 0 Å². The zero-order valence-corrected chi connectivity index (χ0v) is 19.3. The van der Waals surface area contributed by atoms with E-state index in [4.69, 9.17) is 4.74 Å². The predicted octanol–water partition coefficient (Wildman–Crippen LogP) is -0.395. The maximum atomic E-state index is 11.5. The first-order chi connectivity index (χ1) is 12.7. The monoisotopic (exact) mass is 414 g/mol. The van der Waals surface area contributed by atoms with E-state index in [-0.39, 0.29) is 40.6 Å². The van der Waals surface area contributed by atoms with E-state index >= 15 is 0 Å². The molecule has 0 amide bonds. The Morgan fingerprint density at radius 2 is 1.79 bits per heavy atom. The molecule has 0 radical (unpaired) electrons. The second-order valence-electron chi connectivity index (χ2n) is 6.28. The largest absolute Gasteiger partial charge is 1.00 e. The molecule has 0 saturated carbocycles. The van der Waals surface area contributed by atoms with Crippen LogP contribution in [0.15, 0.2) is 53.1 Å². The van der Waals surface area contributed by atoms with E-state index < -0.39 is 16.1 Å². The van der Waals surface area contributed by atoms with E-state index in [1.165, 1.54) is 12.1 Å². The summed E-state index contributed by atoms with van der Waals surface area (Å²) in [6.45, 7) is 6.40. The first kappa shape index (κ1) is 24.5. The number of anilines is 1. The van der Waals surface area contributed by atoms with E-state index in [1.54, 1.807) is 45.0 Å². The number of hydrogen-bond donors (Lipinski definition) is 2. The van der Waals surface area contributed by atoms with Gasteiger partial charge in [0.15, 0.2) is 0 Å². The molecule has 0 aliphatic rings. The van der Waals surface area contributed by atoms with Crippen LogP contribution in [-0.2, 0) is 19.6 Å². The Kier molecular flexibility index (Phi) is 9.46. The summed E-state index contributed by atoms with van der Waals surface area (Å²) in [6.07, 6.45) is 1.22. The molecule has 7 nitrogen and oxygen atoms in total. The SMILES string of the molecule is C/C(=C/C(=O)OC(C)C)NCCNc1cccc2c(S(=O)(=O)[O-])cccc12.[Na+]. The van der Waals surface area contributed by atoms with Gasteiger partial charge in [-0.1, -0.05) is 24.3 Å². The maximum absolute atomic E-state index is 11.5. The number of fused-ring (bicyclic) bond motifs is 1. The number of ether oxygens (including phenoxy) is 1. The summed E-state index contributed by atoms with van der Waals surface area (Å²) < 4.78 is 39.3. The zero-order valence-electron chi connectivity index (χ0n) is 16.5. The summed E-state index contributed by atoms with van der Waals surface area (Å²) in [4.78, 5) is 11.3. The van der Waals surface area contributed by atoms with Gasteiger partial charge in [-0.15, -0.1) is 0 Å². The fourth-order valence-electron chi connectivity index (χ4n) is 2.60. The maximum Gasteiger partial charge on any atom is 1.00 e. The fourth-order valence-corrected chi connectivity index (χ4v) is 3.30. The van der Waals surface area contributed by atoms with Gasteiger partial charge in [-0.2, -0.15) is 0 Å². The molecular formula is C19H23N2NaO5S. The van der Waals surface area contributed by atoms with E-state index in [0.29, 0.717) is 29.6 Å². The van der Waals surface area contributed by atoms with Crippen molar-refractivity contribution in [3.63, 3.8) is 0 Å². The number of nitrogens with one attached hydrogen (secondary N) is 2. The van der Waals surface area contributed by atoms with Gasteiger partial charge in [-0.3, -0.25) is 0 Å². The average Bonchev–Trinajstić information content (AvgIpc) is 2.56. The van der Waals surface area contributed by atoms with E-state index in [1.807, 2.05) is 6.07 Å². The van der Waals surface area contributed by atoms with Crippen LogP contribution in [0.1, 0.15) is 20.8 Å². The number of esters is 1. The quantitative estimate of drug-likeness (QED) is 0.199. The summed E-state index contributed by atoms with van der Waals surface area (Å²) in [6, 6.07) is 9.72. The number of benzene rings is 2. The molecule has 2 aromatic rings. The first-order valence-electron chi connectivity index (χ1n) is 8.53. The van der Waals surface area contributed by atoms with Crippen LogP contribution in [0.3, 0.4) is 0 Å². The van der Waals surface area contributed by atoms with Crippen LogP contribution in [0.2, 0.25) is 0 Å². The molecule has 28 heavy (non-hydrogen) atoms. The summed E-state index contributed by atoms with van der Waals surface area (Å²) in [5.74, 6) is -0.400. The summed E-state index contributed by atoms with van der Waals surface area (Å²) >= 11 is 0. The molecule has 2 aromatic carbocycles. The summed E-state index contributed by atoms with van der Waals surface area (Å²) in [5.41, 5.74) is 1.40. The van der Waals surface area contributed by atoms with Crippen LogP contribution in [0.4, 0.5) is 5.69 Å². The van der Waals surface area contributed by atoms with Gasteiger partial charge in [0.2, 0.25) is 0 Å². The number of allylic oxidation sites excluding steroid dienone is 1. The minimum Gasteiger partial charge on any atom is -0.744 e. The predicted molar refractivity (Wildman–Crippen MR) is 103 cm³/mol. The molecule has 0 unspecified atom stereocenters. The van der Waals surface area contributed by atoms with Crippen LogP contribution in [0, 0.1) is 0 Å². The number of rotatable bonds is 8. The normalized spacial score (nSPS) is 11.8. The summed E-state index contributed by atoms with van der Waals surface area (Å²) in [5, 5.41) is 7.34. The van der Waals surface area contributed by atoms with Crippen molar-refractivity contribution in [1.29, 1.82) is 0 Å². The van der Waals surface area contributed by atoms with Crippen LogP contribution in [-0.4, -0.2) is 38.1 Å². The van der Waals surface area contributed by atoms with Crippen molar-refractivity contribution in [2.45, 2.75) is 31.8 Å². The number of carbonyl (C=O) groups is 1. The van der Waals surface area contributed by atoms with Crippen molar-refractivity contribution < 1.29 is 52.1 Å². The minimum absolute atomic E-state index is 0. The Labute approximate surface area is 187 Å². The Hall–Kier alpha value is -1.58. The molecule has 2 N–H and O–H groups in total. The average molecular weight is 414 g/mol. The topological polar surface area (TPSA) is 108 Å². The Morgan fingerprint density at radius 1 is 1.14 bits per heavy atom. The Bertz CT molecular complexity index is 958. The van der Waals surface area contributed by atoms with Gasteiger partial charge in [0.1, 0.15) is 10.1 Å². The second-order valence-corrected chi connectivity index (χ2v) is 7.63. The standard InChI is InChI=1S/C19H24N2O5S.Na/c1-13(2)26-19(22)12-14(3)20-10-11-21-17-8-4-7-16-15(17)6-5-9-18(16)27(23,24)25;/h4-9,12-13,20-21H,10-11H2,1-3H3,(H,23,24,25);/q;+1/p-1/b14-12-;. The number of hydrogen-bond acceptors (Lipinski definition) is 7. The molecule has 0 aliphatic carbocycles. The van der Waals surface area contributed by atoms with Gasteiger partial charge in [0, 0.05) is 41.3 Å². The second kappa shape index (κ2) is 10.8. The third-order valence-corrected chi connectivity index (χ3v) is 4.58. The molecule has 0 heterocycles. The van der Waals surface area contributed by atoms with Gasteiger partial charge >= 0.3 is 35.5 Å². The molecule has 2 rings (SSSR count). The fraction of sp³-hybridized carbons (Fsp3) is 0.316. The number of carbonyl (C=O) groups excluding carboxylic acids is 1. The summed E-state index contributed by atoms with van der Waals surface area (Å²) in [7, 11) is -4.54.